The number of hydrogen-bond donors (Lipinski definition) is 3. The number of amides is 1. The molecule has 3 N–H and O–H groups in total. The van der Waals surface area contributed by atoms with Crippen molar-refractivity contribution in [2.45, 2.75) is 19.4 Å². The second kappa shape index (κ2) is 9.95. The van der Waals surface area contributed by atoms with Crippen LogP contribution in [0.5, 0.6) is 5.75 Å². The number of aryl methyl sites for hydroxylation is 2. The fraction of sp³-hybridized carbons (Fsp3) is 0.160. The highest BCUT2D eigenvalue weighted by Crippen LogP contribution is 2.32. The molecule has 1 aromatic carbocycles. The second-order valence-electron chi connectivity index (χ2n) is 7.64. The molecule has 0 saturated heterocycles. The first-order chi connectivity index (χ1) is 16.5. The van der Waals surface area contributed by atoms with E-state index in [9.17, 15) is 19.5 Å². The van der Waals surface area contributed by atoms with Gasteiger partial charge in [-0.25, -0.2) is 4.98 Å². The largest absolute Gasteiger partial charge is 0.505 e. The SMILES string of the molecule is O=C(O)CCNC(=O)c1nc(-c2cccnc2)c2c(=O)n(CCc3ccccc3)ccc2c1O. The van der Waals surface area contributed by atoms with Gasteiger partial charge in [-0.15, -0.1) is 0 Å². The number of rotatable bonds is 8. The summed E-state index contributed by atoms with van der Waals surface area (Å²) in [5.74, 6) is -2.25. The Hall–Kier alpha value is -4.53. The zero-order chi connectivity index (χ0) is 24.1. The van der Waals surface area contributed by atoms with E-state index in [0.29, 0.717) is 18.5 Å². The lowest BCUT2D eigenvalue weighted by molar-refractivity contribution is -0.136. The molecule has 3 heterocycles. The minimum absolute atomic E-state index is 0.128. The fourth-order valence-electron chi connectivity index (χ4n) is 3.66. The van der Waals surface area contributed by atoms with Crippen molar-refractivity contribution in [1.82, 2.24) is 19.9 Å². The summed E-state index contributed by atoms with van der Waals surface area (Å²) in [5.41, 5.74) is 1.15. The summed E-state index contributed by atoms with van der Waals surface area (Å²) in [7, 11) is 0. The van der Waals surface area contributed by atoms with Gasteiger partial charge in [0.1, 0.15) is 0 Å². The number of nitrogens with zero attached hydrogens (tertiary/aromatic N) is 3. The van der Waals surface area contributed by atoms with Crippen molar-refractivity contribution in [3.8, 4) is 17.0 Å². The quantitative estimate of drug-likeness (QED) is 0.369. The van der Waals surface area contributed by atoms with Gasteiger partial charge < -0.3 is 20.1 Å². The molecule has 0 unspecified atom stereocenters. The van der Waals surface area contributed by atoms with Gasteiger partial charge in [0, 0.05) is 42.6 Å². The first-order valence-electron chi connectivity index (χ1n) is 10.7. The van der Waals surface area contributed by atoms with E-state index in [0.717, 1.165) is 5.56 Å². The van der Waals surface area contributed by atoms with Gasteiger partial charge in [0.2, 0.25) is 0 Å². The van der Waals surface area contributed by atoms with Gasteiger partial charge in [-0.3, -0.25) is 19.4 Å². The van der Waals surface area contributed by atoms with Crippen LogP contribution in [0.4, 0.5) is 0 Å². The standard InChI is InChI=1S/C25H22N4O5/c30-19(31)8-12-27-24(33)22-23(32)18-10-14-29(13-9-16-5-2-1-3-6-16)25(34)20(18)21(28-22)17-7-4-11-26-15-17/h1-7,10-11,14-15,32H,8-9,12-13H2,(H,27,33)(H,30,31). The van der Waals surface area contributed by atoms with E-state index in [4.69, 9.17) is 5.11 Å². The van der Waals surface area contributed by atoms with Crippen LogP contribution in [0, 0.1) is 0 Å². The average molecular weight is 458 g/mol. The zero-order valence-electron chi connectivity index (χ0n) is 18.1. The Bertz CT molecular complexity index is 1400. The first-order valence-corrected chi connectivity index (χ1v) is 10.7. The van der Waals surface area contributed by atoms with Crippen molar-refractivity contribution in [3.63, 3.8) is 0 Å². The van der Waals surface area contributed by atoms with Crippen molar-refractivity contribution in [2.24, 2.45) is 0 Å². The molecule has 0 aliphatic rings. The summed E-state index contributed by atoms with van der Waals surface area (Å²) in [5, 5.41) is 22.4. The molecule has 0 radical (unpaired) electrons. The van der Waals surface area contributed by atoms with E-state index in [-0.39, 0.29) is 40.7 Å². The van der Waals surface area contributed by atoms with Crippen LogP contribution < -0.4 is 10.9 Å². The number of aliphatic carboxylic acids is 1. The summed E-state index contributed by atoms with van der Waals surface area (Å²) in [6.45, 7) is 0.292. The third-order valence-electron chi connectivity index (χ3n) is 5.36. The molecule has 9 heteroatoms. The van der Waals surface area contributed by atoms with Crippen LogP contribution in [0.15, 0.2) is 71.9 Å². The lowest BCUT2D eigenvalue weighted by Gasteiger charge is -2.14. The molecule has 0 bridgehead atoms. The molecule has 0 aliphatic carbocycles. The Balaban J connectivity index is 1.80. The van der Waals surface area contributed by atoms with Crippen molar-refractivity contribution in [3.05, 3.63) is 88.7 Å². The van der Waals surface area contributed by atoms with Crippen LogP contribution >= 0.6 is 0 Å². The molecule has 0 aliphatic heterocycles. The van der Waals surface area contributed by atoms with Crippen LogP contribution in [-0.4, -0.2) is 43.2 Å². The maximum Gasteiger partial charge on any atom is 0.305 e. The fourth-order valence-corrected chi connectivity index (χ4v) is 3.66. The second-order valence-corrected chi connectivity index (χ2v) is 7.64. The summed E-state index contributed by atoms with van der Waals surface area (Å²) in [6.07, 6.45) is 5.03. The number of benzene rings is 1. The van der Waals surface area contributed by atoms with Crippen molar-refractivity contribution in [2.75, 3.05) is 6.54 Å². The molecule has 1 amide bonds. The molecule has 0 fully saturated rings. The summed E-state index contributed by atoms with van der Waals surface area (Å²) in [6, 6.07) is 14.7. The van der Waals surface area contributed by atoms with Crippen LogP contribution in [0.25, 0.3) is 22.0 Å². The maximum absolute atomic E-state index is 13.4. The van der Waals surface area contributed by atoms with Crippen LogP contribution in [0.2, 0.25) is 0 Å². The van der Waals surface area contributed by atoms with E-state index >= 15 is 0 Å². The van der Waals surface area contributed by atoms with E-state index in [1.807, 2.05) is 30.3 Å². The number of aromatic hydroxyl groups is 1. The van der Waals surface area contributed by atoms with Gasteiger partial charge in [0.25, 0.3) is 11.5 Å². The molecule has 172 valence electrons. The van der Waals surface area contributed by atoms with Gasteiger partial charge >= 0.3 is 5.97 Å². The predicted octanol–water partition coefficient (Wildman–Crippen LogP) is 2.61. The molecule has 0 atom stereocenters. The highest BCUT2D eigenvalue weighted by atomic mass is 16.4. The smallest absolute Gasteiger partial charge is 0.305 e. The van der Waals surface area contributed by atoms with Gasteiger partial charge in [0.05, 0.1) is 17.5 Å². The monoisotopic (exact) mass is 458 g/mol. The first kappa shape index (κ1) is 22.7. The van der Waals surface area contributed by atoms with Crippen LogP contribution in [0.3, 0.4) is 0 Å². The van der Waals surface area contributed by atoms with E-state index in [1.165, 1.54) is 6.20 Å². The Labute approximate surface area is 194 Å². The van der Waals surface area contributed by atoms with Crippen LogP contribution in [-0.2, 0) is 17.8 Å². The number of fused-ring (bicyclic) bond motifs is 1. The molecule has 3 aromatic heterocycles. The number of carbonyl (C=O) groups is 2. The van der Waals surface area contributed by atoms with E-state index in [2.05, 4.69) is 15.3 Å². The highest BCUT2D eigenvalue weighted by Gasteiger charge is 2.22. The summed E-state index contributed by atoms with van der Waals surface area (Å²) >= 11 is 0. The number of nitrogens with one attached hydrogen (secondary N) is 1. The zero-order valence-corrected chi connectivity index (χ0v) is 18.1. The van der Waals surface area contributed by atoms with Crippen molar-refractivity contribution < 1.29 is 19.8 Å². The van der Waals surface area contributed by atoms with E-state index < -0.39 is 17.6 Å². The predicted molar refractivity (Wildman–Crippen MR) is 126 cm³/mol. The Morgan fingerprint density at radius 3 is 2.56 bits per heavy atom. The van der Waals surface area contributed by atoms with Crippen molar-refractivity contribution in [1.29, 1.82) is 0 Å². The molecule has 34 heavy (non-hydrogen) atoms. The average Bonchev–Trinajstić information content (AvgIpc) is 2.85. The molecule has 4 aromatic rings. The summed E-state index contributed by atoms with van der Waals surface area (Å²) in [4.78, 5) is 45.3. The third kappa shape index (κ3) is 4.78. The van der Waals surface area contributed by atoms with Gasteiger partial charge in [-0.2, -0.15) is 0 Å². The van der Waals surface area contributed by atoms with Gasteiger partial charge in [-0.1, -0.05) is 30.3 Å². The van der Waals surface area contributed by atoms with E-state index in [1.54, 1.807) is 35.2 Å². The Morgan fingerprint density at radius 2 is 1.85 bits per heavy atom. The minimum Gasteiger partial charge on any atom is -0.505 e. The van der Waals surface area contributed by atoms with Gasteiger partial charge in [0.15, 0.2) is 11.4 Å². The number of carbonyl (C=O) groups excluding carboxylic acids is 1. The molecular weight excluding hydrogens is 436 g/mol. The topological polar surface area (TPSA) is 134 Å². The number of pyridine rings is 3. The minimum atomic E-state index is -1.07. The Morgan fingerprint density at radius 1 is 1.06 bits per heavy atom. The number of hydrogen-bond acceptors (Lipinski definition) is 6. The molecular formula is C25H22N4O5. The molecule has 0 saturated carbocycles. The lowest BCUT2D eigenvalue weighted by Crippen LogP contribution is -2.28. The Kier molecular flexibility index (Phi) is 6.63. The normalized spacial score (nSPS) is 10.8. The molecule has 0 spiro atoms. The van der Waals surface area contributed by atoms with Gasteiger partial charge in [-0.05, 0) is 30.2 Å². The number of carboxylic acid groups (broad SMARTS) is 1. The van der Waals surface area contributed by atoms with Crippen molar-refractivity contribution >= 4 is 22.6 Å². The molecule has 4 rings (SSSR count). The highest BCUT2D eigenvalue weighted by molar-refractivity contribution is 6.05. The molecule has 9 nitrogen and oxygen atoms in total. The number of carboxylic acids is 1. The lowest BCUT2D eigenvalue weighted by atomic mass is 10.0. The third-order valence-corrected chi connectivity index (χ3v) is 5.36. The maximum atomic E-state index is 13.4. The van der Waals surface area contributed by atoms with Crippen LogP contribution in [0.1, 0.15) is 22.5 Å². The summed E-state index contributed by atoms with van der Waals surface area (Å²) < 4.78 is 1.54. The number of aromatic nitrogens is 3.